The summed E-state index contributed by atoms with van der Waals surface area (Å²) in [5, 5.41) is 0. The Hall–Kier alpha value is -1.91. The number of rotatable bonds is 10. The standard InChI is InChI=1S/C9H18N2O.C9H19N.C8H18N2.C8H15NO.C8H17N.C7H13NO.C7H15N.C5H13N.C5H12.C4H10O.CH4/c1-8(2)10-4-6-11(7-5-10)9(3)12;1-9(2)10-7-5-3-4-6-8-10;1-8(2)10-6-4-9(3)5-7-10;1-7(2)9-6-4-3-5-8(9)10;1-8(2)9-6-4-3-5-7-9;1-6(2)8-5-3-4-7(8)9;1-7(2)8-5-3-4-6-8;1-5(2)6(3)4;1-4-5(2)3;1-4(2)5-3;/h8H,4-7H2,1-3H3;9H,3-8H2,1-2H3;8H,4-7H2,1-3H3;7H,3-6H2,1-2H3;8H,3-7H2,1-2H3;6H,3-5H2,1-2H3;7H,3-6H2,1-2H3;5H,1-4H3;5H,4H2,1-3H3;4H,1-3H3;1H4. The highest BCUT2D eigenvalue weighted by Crippen LogP contribution is 2.16. The van der Waals surface area contributed by atoms with Gasteiger partial charge in [-0.05, 0) is 249 Å². The minimum absolute atomic E-state index is 0. The van der Waals surface area contributed by atoms with Crippen molar-refractivity contribution in [2.75, 3.05) is 133 Å². The second-order valence-corrected chi connectivity index (χ2v) is 27.7. The van der Waals surface area contributed by atoms with E-state index < -0.39 is 0 Å². The predicted molar refractivity (Wildman–Crippen MR) is 374 cm³/mol. The Morgan fingerprint density at radius 2 is 0.659 bits per heavy atom. The Morgan fingerprint density at radius 3 is 0.882 bits per heavy atom. The number of likely N-dealkylation sites (tertiary alicyclic amines) is 5. The number of carbonyl (C=O) groups is 3. The molecule has 3 amide bonds. The van der Waals surface area contributed by atoms with Crippen molar-refractivity contribution in [3.63, 3.8) is 0 Å². The molecule has 0 aliphatic carbocycles. The molecule has 0 saturated carbocycles. The lowest BCUT2D eigenvalue weighted by molar-refractivity contribution is -0.135. The lowest BCUT2D eigenvalue weighted by Gasteiger charge is -2.36. The van der Waals surface area contributed by atoms with Gasteiger partial charge in [0.15, 0.2) is 0 Å². The van der Waals surface area contributed by atoms with Crippen molar-refractivity contribution in [1.29, 1.82) is 0 Å². The first-order valence-corrected chi connectivity index (χ1v) is 34.8. The van der Waals surface area contributed by atoms with Gasteiger partial charge in [-0.1, -0.05) is 53.9 Å². The summed E-state index contributed by atoms with van der Waals surface area (Å²) in [6.07, 6.45) is 19.4. The second kappa shape index (κ2) is 55.0. The molecule has 0 radical (unpaired) electrons. The number of methoxy groups -OCH3 is 1. The number of likely N-dealkylation sites (N-methyl/N-ethyl adjacent to an activating group) is 1. The van der Waals surface area contributed by atoms with Gasteiger partial charge in [0, 0.05) is 141 Å². The number of piperazine rings is 2. The number of carbonyl (C=O) groups excluding carboxylic acids is 3. The van der Waals surface area contributed by atoms with Gasteiger partial charge in [0.1, 0.15) is 0 Å². The number of ether oxygens (including phenoxy) is 1. The number of amides is 3. The van der Waals surface area contributed by atoms with Gasteiger partial charge < -0.3 is 43.9 Å². The first-order chi connectivity index (χ1) is 39.3. The van der Waals surface area contributed by atoms with Crippen molar-refractivity contribution in [3.05, 3.63) is 0 Å². The minimum Gasteiger partial charge on any atom is -0.382 e. The Kier molecular flexibility index (Phi) is 57.9. The molecule has 7 aliphatic rings. The highest BCUT2D eigenvalue weighted by molar-refractivity contribution is 5.78. The fraction of sp³-hybridized carbons (Fsp3) is 0.958. The van der Waals surface area contributed by atoms with Gasteiger partial charge in [0.05, 0.1) is 6.10 Å². The van der Waals surface area contributed by atoms with Gasteiger partial charge in [-0.3, -0.25) is 24.2 Å². The smallest absolute Gasteiger partial charge is 0.222 e. The normalized spacial score (nSPS) is 19.4. The average Bonchev–Trinajstić information content (AvgIpc) is 4.11. The molecule has 7 saturated heterocycles. The van der Waals surface area contributed by atoms with Crippen molar-refractivity contribution in [3.8, 4) is 0 Å². The zero-order valence-corrected chi connectivity index (χ0v) is 61.3. The van der Waals surface area contributed by atoms with E-state index in [0.29, 0.717) is 42.1 Å². The number of piperidine rings is 2. The van der Waals surface area contributed by atoms with Crippen LogP contribution in [0.4, 0.5) is 0 Å². The van der Waals surface area contributed by atoms with Gasteiger partial charge in [-0.2, -0.15) is 0 Å². The molecular weight excluding hydrogens is 1060 g/mol. The van der Waals surface area contributed by atoms with Crippen LogP contribution in [0.2, 0.25) is 0 Å². The molecule has 0 atom stereocenters. The van der Waals surface area contributed by atoms with E-state index in [4.69, 9.17) is 4.74 Å². The molecule has 0 N–H and O–H groups in total. The molecule has 85 heavy (non-hydrogen) atoms. The van der Waals surface area contributed by atoms with Crippen molar-refractivity contribution in [1.82, 2.24) is 49.0 Å². The minimum atomic E-state index is 0. The van der Waals surface area contributed by atoms with Crippen LogP contribution < -0.4 is 0 Å². The van der Waals surface area contributed by atoms with Crippen LogP contribution in [0.5, 0.6) is 0 Å². The predicted octanol–water partition coefficient (Wildman–Crippen LogP) is 14.0. The van der Waals surface area contributed by atoms with E-state index >= 15 is 0 Å². The number of hydrogen-bond donors (Lipinski definition) is 0. The first-order valence-electron chi connectivity index (χ1n) is 34.8. The molecule has 0 aromatic carbocycles. The molecule has 7 heterocycles. The van der Waals surface area contributed by atoms with E-state index in [0.717, 1.165) is 95.0 Å². The monoisotopic (exact) mass is 1210 g/mol. The topological polar surface area (TPSA) is 92.8 Å². The Bertz CT molecular complexity index is 1470. The molecule has 0 unspecified atom stereocenters. The highest BCUT2D eigenvalue weighted by atomic mass is 16.5. The van der Waals surface area contributed by atoms with E-state index in [1.54, 1.807) is 14.0 Å². The van der Waals surface area contributed by atoms with Crippen LogP contribution in [0.25, 0.3) is 0 Å². The van der Waals surface area contributed by atoms with Crippen molar-refractivity contribution >= 4 is 17.7 Å². The van der Waals surface area contributed by atoms with Crippen molar-refractivity contribution in [2.45, 2.75) is 310 Å². The lowest BCUT2D eigenvalue weighted by atomic mass is 10.1. The summed E-state index contributed by atoms with van der Waals surface area (Å²) in [5.41, 5.74) is 0. The van der Waals surface area contributed by atoms with Gasteiger partial charge in [-0.25, -0.2) is 0 Å². The molecule has 7 aliphatic heterocycles. The Morgan fingerprint density at radius 1 is 0.412 bits per heavy atom. The SMILES string of the molecule is C.CC(=O)N1CCN(C(C)C)CC1.CC(C)N(C)C.CC(C)N1CCCC1.CC(C)N1CCCC1=O.CC(C)N1CCCCC1.CC(C)N1CCCCC1=O.CC(C)N1CCCCCC1.CC(C)N1CCN(C)CC1.CCC(C)C.COC(C)C. The molecule has 0 aromatic heterocycles. The third-order valence-corrected chi connectivity index (χ3v) is 17.2. The van der Waals surface area contributed by atoms with E-state index in [9.17, 15) is 14.4 Å². The Labute approximate surface area is 532 Å². The maximum absolute atomic E-state index is 11.2. The largest absolute Gasteiger partial charge is 0.382 e. The van der Waals surface area contributed by atoms with Gasteiger partial charge >= 0.3 is 0 Å². The van der Waals surface area contributed by atoms with Crippen LogP contribution in [0.3, 0.4) is 0 Å². The number of hydrogen-bond acceptors (Lipinski definition) is 11. The average molecular weight is 1210 g/mol. The molecule has 14 heteroatoms. The fourth-order valence-electron chi connectivity index (χ4n) is 9.78. The van der Waals surface area contributed by atoms with Crippen molar-refractivity contribution in [2.24, 2.45) is 5.92 Å². The number of nitrogens with zero attached hydrogens (tertiary/aromatic N) is 10. The molecule has 7 rings (SSSR count). The van der Waals surface area contributed by atoms with Crippen LogP contribution in [-0.4, -0.2) is 254 Å². The molecule has 0 spiro atoms. The van der Waals surface area contributed by atoms with E-state index in [1.165, 1.54) is 136 Å². The van der Waals surface area contributed by atoms with Gasteiger partial charge in [0.25, 0.3) is 0 Å². The van der Waals surface area contributed by atoms with Crippen molar-refractivity contribution < 1.29 is 19.1 Å². The van der Waals surface area contributed by atoms with Crippen LogP contribution in [-0.2, 0) is 19.1 Å². The van der Waals surface area contributed by atoms with Crippen LogP contribution in [0.1, 0.15) is 256 Å². The molecule has 512 valence electrons. The molecular formula is C71H154N10O4. The molecule has 7 fully saturated rings. The van der Waals surface area contributed by atoms with E-state index in [1.807, 2.05) is 28.5 Å². The quantitative estimate of drug-likeness (QED) is 0.209. The van der Waals surface area contributed by atoms with Gasteiger partial charge in [-0.15, -0.1) is 0 Å². The first kappa shape index (κ1) is 89.5. The summed E-state index contributed by atoms with van der Waals surface area (Å²) < 4.78 is 4.75. The Balaban J connectivity index is -0.000000433. The summed E-state index contributed by atoms with van der Waals surface area (Å²) in [7, 11) is 8.04. The highest BCUT2D eigenvalue weighted by Gasteiger charge is 2.23. The molecule has 0 bridgehead atoms. The summed E-state index contributed by atoms with van der Waals surface area (Å²) >= 11 is 0. The van der Waals surface area contributed by atoms with Crippen LogP contribution in [0, 0.1) is 5.92 Å². The van der Waals surface area contributed by atoms with Gasteiger partial charge in [0.2, 0.25) is 17.7 Å². The summed E-state index contributed by atoms with van der Waals surface area (Å²) in [6, 6.07) is 5.13. The second-order valence-electron chi connectivity index (χ2n) is 27.7. The summed E-state index contributed by atoms with van der Waals surface area (Å²) in [6.45, 7) is 66.2. The molecule has 0 aromatic rings. The third kappa shape index (κ3) is 49.5. The fourth-order valence-corrected chi connectivity index (χ4v) is 9.78. The zero-order chi connectivity index (χ0) is 64.9. The van der Waals surface area contributed by atoms with E-state index in [2.05, 4.69) is 187 Å². The lowest BCUT2D eigenvalue weighted by Crippen LogP contribution is -2.50. The van der Waals surface area contributed by atoms with E-state index in [-0.39, 0.29) is 13.3 Å². The zero-order valence-electron chi connectivity index (χ0n) is 61.3. The van der Waals surface area contributed by atoms with Crippen LogP contribution >= 0.6 is 0 Å². The summed E-state index contributed by atoms with van der Waals surface area (Å²) in [5.74, 6) is 1.75. The maximum Gasteiger partial charge on any atom is 0.222 e. The molecule has 14 nitrogen and oxygen atoms in total. The summed E-state index contributed by atoms with van der Waals surface area (Å²) in [4.78, 5) is 56.1. The van der Waals surface area contributed by atoms with Crippen LogP contribution in [0.15, 0.2) is 0 Å². The third-order valence-electron chi connectivity index (χ3n) is 17.2. The maximum atomic E-state index is 11.2.